The number of fused-ring (bicyclic) bond motifs is 1. The van der Waals surface area contributed by atoms with Gasteiger partial charge >= 0.3 is 6.03 Å². The summed E-state index contributed by atoms with van der Waals surface area (Å²) >= 11 is 0. The number of aliphatic hydroxyl groups excluding tert-OH is 1. The highest BCUT2D eigenvalue weighted by molar-refractivity contribution is 5.77. The number of nitrogens with zero attached hydrogens (tertiary/aromatic N) is 2. The molecule has 2 N–H and O–H groups in total. The number of β-amino-alcohol motifs (C(OH)–C–C–N with tert-alkyl or cyclic N) is 1. The van der Waals surface area contributed by atoms with Crippen molar-refractivity contribution >= 4 is 6.03 Å². The van der Waals surface area contributed by atoms with Crippen molar-refractivity contribution in [1.29, 1.82) is 0 Å². The van der Waals surface area contributed by atoms with Crippen LogP contribution in [0.25, 0.3) is 0 Å². The Labute approximate surface area is 120 Å². The standard InChI is InChI=1S/C14H19N3O3/c1-14(2,3)15-7-9(18)8-20-11-6-4-5-10-12(11)17-13(19)16-10/h4-6,9,15,18H,7-8H2,1-3H3/i5T,6T. The van der Waals surface area contributed by atoms with E-state index in [4.69, 9.17) is 7.48 Å². The third-order valence-electron chi connectivity index (χ3n) is 2.55. The van der Waals surface area contributed by atoms with Gasteiger partial charge in [0.15, 0.2) is 0 Å². The average molecular weight is 281 g/mol. The number of nitrogens with one attached hydrogen (secondary N) is 1. The van der Waals surface area contributed by atoms with Crippen LogP contribution in [0.3, 0.4) is 0 Å². The van der Waals surface area contributed by atoms with Crippen molar-refractivity contribution in [2.75, 3.05) is 13.2 Å². The predicted octanol–water partition coefficient (Wildman–Crippen LogP) is 0.187. The van der Waals surface area contributed by atoms with Crippen molar-refractivity contribution < 1.29 is 17.4 Å². The van der Waals surface area contributed by atoms with Gasteiger partial charge in [0.1, 0.15) is 23.8 Å². The van der Waals surface area contributed by atoms with E-state index in [2.05, 4.69) is 15.3 Å². The highest BCUT2D eigenvalue weighted by Crippen LogP contribution is 2.04. The number of amides is 2. The fraction of sp³-hybridized carbons (Fsp3) is 0.500. The molecule has 6 nitrogen and oxygen atoms in total. The van der Waals surface area contributed by atoms with Gasteiger partial charge in [0, 0.05) is 12.1 Å². The minimum absolute atomic E-state index is 0.0445. The van der Waals surface area contributed by atoms with Gasteiger partial charge in [-0.3, -0.25) is 0 Å². The highest BCUT2D eigenvalue weighted by Gasteiger charge is 2.14. The number of carbonyl (C=O) groups is 1. The van der Waals surface area contributed by atoms with Gasteiger partial charge in [0.25, 0.3) is 0 Å². The molecule has 1 atom stereocenters. The number of benzene rings is 1. The van der Waals surface area contributed by atoms with E-state index in [1.165, 1.54) is 6.07 Å². The second-order valence-electron chi connectivity index (χ2n) is 5.56. The second-order valence-corrected chi connectivity index (χ2v) is 5.56. The first-order valence-corrected chi connectivity index (χ1v) is 6.35. The molecule has 1 heterocycles. The summed E-state index contributed by atoms with van der Waals surface area (Å²) in [5.41, 5.74) is -0.129. The van der Waals surface area contributed by atoms with Crippen LogP contribution in [0.2, 0.25) is 0 Å². The summed E-state index contributed by atoms with van der Waals surface area (Å²) in [5, 5.41) is 13.3. The molecule has 0 aliphatic carbocycles. The summed E-state index contributed by atoms with van der Waals surface area (Å²) in [6, 6.07) is 0.421. The van der Waals surface area contributed by atoms with Crippen molar-refractivity contribution in [3.63, 3.8) is 0 Å². The Bertz CT molecular complexity index is 714. The van der Waals surface area contributed by atoms with Crippen molar-refractivity contribution in [3.8, 4) is 5.75 Å². The zero-order valence-electron chi connectivity index (χ0n) is 13.7. The van der Waals surface area contributed by atoms with Crippen LogP contribution in [0.1, 0.15) is 23.5 Å². The second kappa shape index (κ2) is 5.68. The van der Waals surface area contributed by atoms with Gasteiger partial charge in [-0.05, 0) is 32.9 Å². The predicted molar refractivity (Wildman–Crippen MR) is 73.4 cm³/mol. The van der Waals surface area contributed by atoms with Crippen LogP contribution in [0.15, 0.2) is 28.1 Å². The normalized spacial score (nSPS) is 16.7. The summed E-state index contributed by atoms with van der Waals surface area (Å²) < 4.78 is 21.0. The molecule has 1 aliphatic heterocycles. The molecule has 0 radical (unpaired) electrons. The molecule has 0 bridgehead atoms. The van der Waals surface area contributed by atoms with E-state index in [1.807, 2.05) is 20.8 Å². The van der Waals surface area contributed by atoms with Crippen LogP contribution in [0, 0.1) is 0 Å². The summed E-state index contributed by atoms with van der Waals surface area (Å²) in [5.74, 6) is 0.0652. The van der Waals surface area contributed by atoms with E-state index in [0.29, 0.717) is 6.54 Å². The largest absolute Gasteiger partial charge is 0.488 e. The van der Waals surface area contributed by atoms with Crippen LogP contribution in [0.4, 0.5) is 4.79 Å². The molecule has 0 saturated carbocycles. The van der Waals surface area contributed by atoms with Crippen LogP contribution in [-0.2, 0) is 0 Å². The van der Waals surface area contributed by atoms with Crippen LogP contribution in [-0.4, -0.2) is 35.9 Å². The van der Waals surface area contributed by atoms with Gasteiger partial charge in [-0.15, -0.1) is 0 Å². The average Bonchev–Trinajstić information content (AvgIpc) is 2.77. The topological polar surface area (TPSA) is 83.3 Å². The smallest absolute Gasteiger partial charge is 0.368 e. The lowest BCUT2D eigenvalue weighted by Gasteiger charge is -2.22. The van der Waals surface area contributed by atoms with Crippen molar-refractivity contribution in [3.05, 3.63) is 28.9 Å². The lowest BCUT2D eigenvalue weighted by molar-refractivity contribution is 0.0994. The van der Waals surface area contributed by atoms with Gasteiger partial charge in [-0.25, -0.2) is 4.79 Å². The van der Waals surface area contributed by atoms with E-state index in [-0.39, 0.29) is 40.7 Å². The zero-order valence-corrected chi connectivity index (χ0v) is 11.7. The molecule has 2 amide bonds. The number of aliphatic hydroxyl groups is 1. The molecule has 0 spiro atoms. The van der Waals surface area contributed by atoms with Gasteiger partial charge in [0.05, 0.1) is 8.10 Å². The molecular formula is C14H19N3O3. The molecule has 108 valence electrons. The van der Waals surface area contributed by atoms with Crippen LogP contribution in [0.5, 0.6) is 5.75 Å². The Hall–Kier alpha value is -1.79. The number of carbonyl (C=O) groups excluding carboxylic acids is 1. The number of ether oxygens (including phenoxy) is 1. The lowest BCUT2D eigenvalue weighted by atomic mass is 10.1. The molecule has 1 aromatic rings. The van der Waals surface area contributed by atoms with E-state index in [9.17, 15) is 9.90 Å². The van der Waals surface area contributed by atoms with E-state index in [1.54, 1.807) is 0 Å². The van der Waals surface area contributed by atoms with Crippen molar-refractivity contribution in [2.24, 2.45) is 9.98 Å². The van der Waals surface area contributed by atoms with Gasteiger partial charge in [0.2, 0.25) is 0 Å². The Balaban J connectivity index is 2.13. The minimum atomic E-state index is -0.779. The zero-order chi connectivity index (χ0) is 16.5. The van der Waals surface area contributed by atoms with E-state index < -0.39 is 12.1 Å². The molecule has 20 heavy (non-hydrogen) atoms. The Morgan fingerprint density at radius 2 is 2.20 bits per heavy atom. The monoisotopic (exact) mass is 281 g/mol. The van der Waals surface area contributed by atoms with Crippen molar-refractivity contribution in [1.82, 2.24) is 5.32 Å². The fourth-order valence-corrected chi connectivity index (χ4v) is 1.59. The fourth-order valence-electron chi connectivity index (χ4n) is 1.59. The molecule has 1 aliphatic rings. The first kappa shape index (κ1) is 12.0. The Morgan fingerprint density at radius 1 is 1.45 bits per heavy atom. The van der Waals surface area contributed by atoms with Gasteiger partial charge < -0.3 is 15.2 Å². The third kappa shape index (κ3) is 3.85. The quantitative estimate of drug-likeness (QED) is 0.807. The number of para-hydroxylation sites is 1. The lowest BCUT2D eigenvalue weighted by Crippen LogP contribution is -2.42. The SMILES string of the molecule is [3H]c1cc([3H])c2c(c1OCC(O)CNC(C)(C)C)=NC(=O)N=2. The molecule has 0 fully saturated rings. The summed E-state index contributed by atoms with van der Waals surface area (Å²) in [4.78, 5) is 18.6. The number of hydrogen-bond acceptors (Lipinski definition) is 4. The van der Waals surface area contributed by atoms with E-state index in [0.717, 1.165) is 0 Å². The summed E-state index contributed by atoms with van der Waals surface area (Å²) in [6.45, 7) is 6.22. The van der Waals surface area contributed by atoms with Crippen molar-refractivity contribution in [2.45, 2.75) is 32.4 Å². The molecular weight excluding hydrogens is 258 g/mol. The first-order chi connectivity index (χ1) is 10.2. The Morgan fingerprint density at radius 3 is 2.90 bits per heavy atom. The molecule has 6 heteroatoms. The number of urea groups is 1. The van der Waals surface area contributed by atoms with Gasteiger partial charge in [-0.1, -0.05) is 6.07 Å². The number of rotatable bonds is 5. The van der Waals surface area contributed by atoms with E-state index >= 15 is 0 Å². The number of hydrogen-bond donors (Lipinski definition) is 2. The van der Waals surface area contributed by atoms with Crippen LogP contribution < -0.4 is 20.8 Å². The molecule has 0 saturated heterocycles. The third-order valence-corrected chi connectivity index (χ3v) is 2.55. The maximum Gasteiger partial charge on any atom is 0.368 e. The Kier molecular flexibility index (Phi) is 3.41. The molecule has 2 rings (SSSR count). The van der Waals surface area contributed by atoms with Gasteiger partial charge in [-0.2, -0.15) is 9.98 Å². The maximum atomic E-state index is 11.3. The molecule has 1 unspecified atom stereocenters. The molecule has 0 aromatic heterocycles. The maximum absolute atomic E-state index is 11.3. The molecule has 1 aromatic carbocycles. The minimum Gasteiger partial charge on any atom is -0.488 e. The highest BCUT2D eigenvalue weighted by atomic mass is 16.5. The first-order valence-electron chi connectivity index (χ1n) is 7.35. The summed E-state index contributed by atoms with van der Waals surface area (Å²) in [7, 11) is 0. The summed E-state index contributed by atoms with van der Waals surface area (Å²) in [6.07, 6.45) is -0.779. The van der Waals surface area contributed by atoms with Crippen LogP contribution >= 0.6 is 0 Å².